The number of ether oxygens (including phenoxy) is 1. The van der Waals surface area contributed by atoms with E-state index in [1.54, 1.807) is 0 Å². The maximum Gasteiger partial charge on any atom is 0.488 e. The molecule has 0 atom stereocenters. The van der Waals surface area contributed by atoms with Crippen molar-refractivity contribution in [3.63, 3.8) is 0 Å². The van der Waals surface area contributed by atoms with Crippen molar-refractivity contribution in [3.05, 3.63) is 59.4 Å². The summed E-state index contributed by atoms with van der Waals surface area (Å²) in [7, 11) is -1.72. The minimum atomic E-state index is -1.72. The Kier molecular flexibility index (Phi) is 4.99. The summed E-state index contributed by atoms with van der Waals surface area (Å²) >= 11 is 0. The summed E-state index contributed by atoms with van der Waals surface area (Å²) in [6.45, 7) is 4.34. The molecule has 0 saturated heterocycles. The van der Waals surface area contributed by atoms with E-state index in [1.807, 2.05) is 24.3 Å². The van der Waals surface area contributed by atoms with Gasteiger partial charge in [0.15, 0.2) is 0 Å². The smallest absolute Gasteiger partial charge is 0.488 e. The van der Waals surface area contributed by atoms with Crippen LogP contribution >= 0.6 is 0 Å². The molecule has 0 spiro atoms. The minimum absolute atomic E-state index is 0.120. The van der Waals surface area contributed by atoms with E-state index in [2.05, 4.69) is 13.8 Å². The van der Waals surface area contributed by atoms with Crippen LogP contribution < -0.4 is 10.2 Å². The van der Waals surface area contributed by atoms with Crippen LogP contribution in [0, 0.1) is 5.82 Å². The molecule has 2 aromatic rings. The van der Waals surface area contributed by atoms with Crippen molar-refractivity contribution < 1.29 is 19.2 Å². The standard InChI is InChI=1S/C16H18BFO3/c1-11(2)12-4-3-5-15(8-12)21-10-13-6-7-14(18)9-16(13)17(19)20/h3-9,11,19-20H,10H2,1-2H3. The second-order valence-corrected chi connectivity index (χ2v) is 5.23. The van der Waals surface area contributed by atoms with E-state index in [1.165, 1.54) is 12.1 Å². The molecule has 5 heteroatoms. The van der Waals surface area contributed by atoms with E-state index in [0.717, 1.165) is 11.6 Å². The summed E-state index contributed by atoms with van der Waals surface area (Å²) < 4.78 is 18.8. The molecule has 0 fully saturated rings. The fourth-order valence-electron chi connectivity index (χ4n) is 2.06. The van der Waals surface area contributed by atoms with Gasteiger partial charge >= 0.3 is 7.12 Å². The topological polar surface area (TPSA) is 49.7 Å². The molecule has 110 valence electrons. The Bertz CT molecular complexity index is 614. The maximum absolute atomic E-state index is 13.1. The van der Waals surface area contributed by atoms with Crippen LogP contribution in [0.4, 0.5) is 4.39 Å². The first kappa shape index (κ1) is 15.5. The second kappa shape index (κ2) is 6.74. The van der Waals surface area contributed by atoms with Gasteiger partial charge in [-0.1, -0.05) is 32.0 Å². The highest BCUT2D eigenvalue weighted by Crippen LogP contribution is 2.20. The highest BCUT2D eigenvalue weighted by molar-refractivity contribution is 6.59. The van der Waals surface area contributed by atoms with Crippen LogP contribution in [-0.4, -0.2) is 17.2 Å². The monoisotopic (exact) mass is 288 g/mol. The highest BCUT2D eigenvalue weighted by Gasteiger charge is 2.17. The first-order valence-electron chi connectivity index (χ1n) is 6.84. The Morgan fingerprint density at radius 1 is 1.14 bits per heavy atom. The summed E-state index contributed by atoms with van der Waals surface area (Å²) in [5.74, 6) is 0.585. The lowest BCUT2D eigenvalue weighted by atomic mass is 9.77. The summed E-state index contributed by atoms with van der Waals surface area (Å²) in [6, 6.07) is 11.6. The molecule has 2 rings (SSSR count). The van der Waals surface area contributed by atoms with Crippen molar-refractivity contribution in [2.24, 2.45) is 0 Å². The second-order valence-electron chi connectivity index (χ2n) is 5.23. The van der Waals surface area contributed by atoms with Gasteiger partial charge in [0, 0.05) is 0 Å². The molecule has 0 radical (unpaired) electrons. The molecule has 0 saturated carbocycles. The average Bonchev–Trinajstić information content (AvgIpc) is 2.46. The van der Waals surface area contributed by atoms with E-state index in [4.69, 9.17) is 4.74 Å². The highest BCUT2D eigenvalue weighted by atomic mass is 19.1. The largest absolute Gasteiger partial charge is 0.489 e. The van der Waals surface area contributed by atoms with E-state index >= 15 is 0 Å². The van der Waals surface area contributed by atoms with Crippen LogP contribution in [0.15, 0.2) is 42.5 Å². The van der Waals surface area contributed by atoms with Gasteiger partial charge in [-0.25, -0.2) is 4.39 Å². The zero-order chi connectivity index (χ0) is 15.4. The molecule has 0 aliphatic heterocycles. The van der Waals surface area contributed by atoms with Gasteiger partial charge in [0.1, 0.15) is 18.2 Å². The predicted molar refractivity (Wildman–Crippen MR) is 81.1 cm³/mol. The Hall–Kier alpha value is -1.85. The SMILES string of the molecule is CC(C)c1cccc(OCc2ccc(F)cc2B(O)O)c1. The molecule has 0 heterocycles. The third kappa shape index (κ3) is 4.06. The van der Waals surface area contributed by atoms with Crippen molar-refractivity contribution in [1.82, 2.24) is 0 Å². The molecule has 3 nitrogen and oxygen atoms in total. The number of hydrogen-bond donors (Lipinski definition) is 2. The average molecular weight is 288 g/mol. The van der Waals surface area contributed by atoms with Gasteiger partial charge < -0.3 is 14.8 Å². The van der Waals surface area contributed by atoms with Crippen molar-refractivity contribution >= 4 is 12.6 Å². The Morgan fingerprint density at radius 3 is 2.57 bits per heavy atom. The summed E-state index contributed by atoms with van der Waals surface area (Å²) in [5.41, 5.74) is 1.82. The van der Waals surface area contributed by atoms with Crippen molar-refractivity contribution in [1.29, 1.82) is 0 Å². The zero-order valence-electron chi connectivity index (χ0n) is 12.1. The van der Waals surface area contributed by atoms with Crippen LogP contribution in [0.2, 0.25) is 0 Å². The predicted octanol–water partition coefficient (Wildman–Crippen LogP) is 2.21. The molecule has 0 unspecified atom stereocenters. The molecule has 2 N–H and O–H groups in total. The van der Waals surface area contributed by atoms with Gasteiger partial charge in [-0.05, 0) is 46.8 Å². The molecule has 0 aliphatic carbocycles. The molecule has 0 bridgehead atoms. The van der Waals surface area contributed by atoms with Gasteiger partial charge in [0.25, 0.3) is 0 Å². The van der Waals surface area contributed by atoms with E-state index in [-0.39, 0.29) is 12.1 Å². The first-order chi connectivity index (χ1) is 9.97. The summed E-state index contributed by atoms with van der Waals surface area (Å²) in [5, 5.41) is 18.6. The Morgan fingerprint density at radius 2 is 1.90 bits per heavy atom. The number of halogens is 1. The van der Waals surface area contributed by atoms with E-state index < -0.39 is 12.9 Å². The zero-order valence-corrected chi connectivity index (χ0v) is 12.1. The van der Waals surface area contributed by atoms with Crippen LogP contribution in [0.5, 0.6) is 5.75 Å². The molecular weight excluding hydrogens is 270 g/mol. The van der Waals surface area contributed by atoms with Crippen LogP contribution in [-0.2, 0) is 6.61 Å². The number of rotatable bonds is 5. The molecular formula is C16H18BFO3. The molecule has 0 aromatic heterocycles. The Labute approximate surface area is 124 Å². The lowest BCUT2D eigenvalue weighted by Gasteiger charge is -2.12. The van der Waals surface area contributed by atoms with Crippen molar-refractivity contribution in [2.45, 2.75) is 26.4 Å². The van der Waals surface area contributed by atoms with Crippen LogP contribution in [0.25, 0.3) is 0 Å². The van der Waals surface area contributed by atoms with Crippen molar-refractivity contribution in [2.75, 3.05) is 0 Å². The van der Waals surface area contributed by atoms with E-state index in [0.29, 0.717) is 17.2 Å². The quantitative estimate of drug-likeness (QED) is 0.829. The number of benzene rings is 2. The Balaban J connectivity index is 2.15. The third-order valence-electron chi connectivity index (χ3n) is 3.31. The molecule has 0 aliphatic rings. The van der Waals surface area contributed by atoms with Crippen LogP contribution in [0.1, 0.15) is 30.9 Å². The van der Waals surface area contributed by atoms with Gasteiger partial charge in [-0.2, -0.15) is 0 Å². The molecule has 21 heavy (non-hydrogen) atoms. The summed E-state index contributed by atoms with van der Waals surface area (Å²) in [4.78, 5) is 0. The minimum Gasteiger partial charge on any atom is -0.489 e. The van der Waals surface area contributed by atoms with Gasteiger partial charge in [-0.3, -0.25) is 0 Å². The fraction of sp³-hybridized carbons (Fsp3) is 0.250. The molecule has 0 amide bonds. The van der Waals surface area contributed by atoms with Crippen LogP contribution in [0.3, 0.4) is 0 Å². The van der Waals surface area contributed by atoms with E-state index in [9.17, 15) is 14.4 Å². The maximum atomic E-state index is 13.1. The normalized spacial score (nSPS) is 10.8. The first-order valence-corrected chi connectivity index (χ1v) is 6.84. The van der Waals surface area contributed by atoms with Gasteiger partial charge in [0.2, 0.25) is 0 Å². The fourth-order valence-corrected chi connectivity index (χ4v) is 2.06. The lowest BCUT2D eigenvalue weighted by Crippen LogP contribution is -2.34. The molecule has 2 aromatic carbocycles. The van der Waals surface area contributed by atoms with Gasteiger partial charge in [-0.15, -0.1) is 0 Å². The van der Waals surface area contributed by atoms with Gasteiger partial charge in [0.05, 0.1) is 0 Å². The van der Waals surface area contributed by atoms with Crippen molar-refractivity contribution in [3.8, 4) is 5.75 Å². The third-order valence-corrected chi connectivity index (χ3v) is 3.31. The summed E-state index contributed by atoms with van der Waals surface area (Å²) in [6.07, 6.45) is 0. The lowest BCUT2D eigenvalue weighted by molar-refractivity contribution is 0.305. The number of hydrogen-bond acceptors (Lipinski definition) is 3.